The monoisotopic (exact) mass is 217 g/mol. The number of hydrogen-bond donors (Lipinski definition) is 2. The van der Waals surface area contributed by atoms with Crippen molar-refractivity contribution in [2.24, 2.45) is 5.73 Å². The van der Waals surface area contributed by atoms with Gasteiger partial charge in [0.2, 0.25) is 0 Å². The van der Waals surface area contributed by atoms with Crippen LogP contribution in [0.4, 0.5) is 4.39 Å². The molecule has 0 aliphatic carbocycles. The first kappa shape index (κ1) is 11.4. The van der Waals surface area contributed by atoms with Gasteiger partial charge in [-0.2, -0.15) is 0 Å². The van der Waals surface area contributed by atoms with Crippen LogP contribution in [0.2, 0.25) is 5.02 Å². The molecule has 0 saturated carbocycles. The molecule has 78 valence electrons. The fourth-order valence-electron chi connectivity index (χ4n) is 1.27. The minimum absolute atomic E-state index is 0.0654. The fraction of sp³-hybridized carbons (Fsp3) is 0.400. The molecule has 2 nitrogen and oxygen atoms in total. The van der Waals surface area contributed by atoms with Gasteiger partial charge in [0.1, 0.15) is 5.82 Å². The van der Waals surface area contributed by atoms with Crippen LogP contribution < -0.4 is 5.73 Å². The molecule has 1 atom stereocenters. The third kappa shape index (κ3) is 2.67. The quantitative estimate of drug-likeness (QED) is 0.813. The Kier molecular flexibility index (Phi) is 4.32. The van der Waals surface area contributed by atoms with Gasteiger partial charge in [-0.05, 0) is 18.9 Å². The van der Waals surface area contributed by atoms with Crippen LogP contribution in [0, 0.1) is 5.82 Å². The van der Waals surface area contributed by atoms with Crippen LogP contribution in [0.25, 0.3) is 0 Å². The number of hydrogen-bond acceptors (Lipinski definition) is 2. The summed E-state index contributed by atoms with van der Waals surface area (Å²) in [5.74, 6) is -0.459. The van der Waals surface area contributed by atoms with Gasteiger partial charge in [-0.1, -0.05) is 23.7 Å². The van der Waals surface area contributed by atoms with Crippen molar-refractivity contribution < 1.29 is 9.50 Å². The lowest BCUT2D eigenvalue weighted by Gasteiger charge is -2.12. The van der Waals surface area contributed by atoms with Gasteiger partial charge in [0.25, 0.3) is 0 Å². The lowest BCUT2D eigenvalue weighted by atomic mass is 10.0. The Morgan fingerprint density at radius 3 is 2.86 bits per heavy atom. The Morgan fingerprint density at radius 1 is 1.50 bits per heavy atom. The second-order valence-corrected chi connectivity index (χ2v) is 3.52. The van der Waals surface area contributed by atoms with Crippen LogP contribution >= 0.6 is 11.6 Å². The number of aliphatic hydroxyl groups is 1. The summed E-state index contributed by atoms with van der Waals surface area (Å²) in [7, 11) is 0. The first-order chi connectivity index (χ1) is 6.66. The summed E-state index contributed by atoms with van der Waals surface area (Å²) in [6.45, 7) is 0.0654. The van der Waals surface area contributed by atoms with Gasteiger partial charge in [-0.3, -0.25) is 0 Å². The van der Waals surface area contributed by atoms with Crippen LogP contribution in [-0.2, 0) is 0 Å². The molecule has 0 saturated heterocycles. The molecule has 0 amide bonds. The molecule has 14 heavy (non-hydrogen) atoms. The molecule has 3 N–H and O–H groups in total. The van der Waals surface area contributed by atoms with E-state index in [-0.39, 0.29) is 11.6 Å². The summed E-state index contributed by atoms with van der Waals surface area (Å²) in [4.78, 5) is 0. The van der Waals surface area contributed by atoms with Crippen molar-refractivity contribution in [1.29, 1.82) is 0 Å². The number of benzene rings is 1. The van der Waals surface area contributed by atoms with Gasteiger partial charge in [0.15, 0.2) is 0 Å². The van der Waals surface area contributed by atoms with Gasteiger partial charge in [-0.15, -0.1) is 0 Å². The normalized spacial score (nSPS) is 12.9. The molecule has 0 aromatic heterocycles. The number of halogens is 2. The maximum absolute atomic E-state index is 13.4. The Bertz CT molecular complexity index is 306. The lowest BCUT2D eigenvalue weighted by Crippen LogP contribution is -2.12. The van der Waals surface area contributed by atoms with Gasteiger partial charge < -0.3 is 10.8 Å². The van der Waals surface area contributed by atoms with Crippen LogP contribution in [0.15, 0.2) is 18.2 Å². The van der Waals surface area contributed by atoms with Crippen molar-refractivity contribution in [3.63, 3.8) is 0 Å². The van der Waals surface area contributed by atoms with Crippen molar-refractivity contribution in [3.05, 3.63) is 34.6 Å². The van der Waals surface area contributed by atoms with E-state index in [9.17, 15) is 4.39 Å². The molecule has 0 spiro atoms. The predicted molar refractivity (Wildman–Crippen MR) is 54.7 cm³/mol. The fourth-order valence-corrected chi connectivity index (χ4v) is 1.46. The second kappa shape index (κ2) is 5.29. The Labute approximate surface area is 87.5 Å². The van der Waals surface area contributed by atoms with E-state index < -0.39 is 11.9 Å². The predicted octanol–water partition coefficient (Wildman–Crippen LogP) is 2.25. The number of rotatable bonds is 4. The van der Waals surface area contributed by atoms with Crippen molar-refractivity contribution in [1.82, 2.24) is 0 Å². The lowest BCUT2D eigenvalue weighted by molar-refractivity contribution is 0.279. The van der Waals surface area contributed by atoms with Gasteiger partial charge in [-0.25, -0.2) is 4.39 Å². The highest BCUT2D eigenvalue weighted by molar-refractivity contribution is 6.30. The van der Waals surface area contributed by atoms with Crippen molar-refractivity contribution in [2.45, 2.75) is 18.9 Å². The van der Waals surface area contributed by atoms with Gasteiger partial charge in [0, 0.05) is 18.2 Å². The molecule has 0 unspecified atom stereocenters. The first-order valence-electron chi connectivity index (χ1n) is 4.47. The summed E-state index contributed by atoms with van der Waals surface area (Å²) < 4.78 is 13.4. The molecule has 1 aromatic rings. The number of aliphatic hydroxyl groups excluding tert-OH is 1. The van der Waals surface area contributed by atoms with E-state index in [2.05, 4.69) is 0 Å². The molecule has 1 aromatic carbocycles. The minimum atomic E-state index is -0.459. The highest BCUT2D eigenvalue weighted by Gasteiger charge is 2.12. The molecular formula is C10H13ClFNO. The average Bonchev–Trinajstić information content (AvgIpc) is 2.18. The summed E-state index contributed by atoms with van der Waals surface area (Å²) in [5.41, 5.74) is 6.15. The number of nitrogens with two attached hydrogens (primary N) is 1. The van der Waals surface area contributed by atoms with E-state index in [0.717, 1.165) is 0 Å². The van der Waals surface area contributed by atoms with Crippen molar-refractivity contribution in [3.8, 4) is 0 Å². The molecular weight excluding hydrogens is 205 g/mol. The highest BCUT2D eigenvalue weighted by atomic mass is 35.5. The Balaban J connectivity index is 2.79. The van der Waals surface area contributed by atoms with Gasteiger partial charge in [0.05, 0.1) is 5.02 Å². The SMILES string of the molecule is N[C@H](CCCO)c1cccc(Cl)c1F. The Morgan fingerprint density at radius 2 is 2.21 bits per heavy atom. The first-order valence-corrected chi connectivity index (χ1v) is 4.85. The zero-order chi connectivity index (χ0) is 10.6. The van der Waals surface area contributed by atoms with Crippen LogP contribution in [0.3, 0.4) is 0 Å². The van der Waals surface area contributed by atoms with Crippen LogP contribution in [-0.4, -0.2) is 11.7 Å². The highest BCUT2D eigenvalue weighted by Crippen LogP contribution is 2.24. The molecule has 1 rings (SSSR count). The largest absolute Gasteiger partial charge is 0.396 e. The van der Waals surface area contributed by atoms with E-state index in [4.69, 9.17) is 22.4 Å². The summed E-state index contributed by atoms with van der Waals surface area (Å²) in [6, 6.07) is 4.36. The molecule has 0 aliphatic heterocycles. The molecule has 0 aliphatic rings. The second-order valence-electron chi connectivity index (χ2n) is 3.12. The molecule has 0 radical (unpaired) electrons. The third-order valence-corrected chi connectivity index (χ3v) is 2.35. The minimum Gasteiger partial charge on any atom is -0.396 e. The Hall–Kier alpha value is -0.640. The molecule has 0 fully saturated rings. The summed E-state index contributed by atoms with van der Waals surface area (Å²) >= 11 is 5.61. The molecule has 0 bridgehead atoms. The maximum Gasteiger partial charge on any atom is 0.146 e. The van der Waals surface area contributed by atoms with E-state index in [1.54, 1.807) is 12.1 Å². The van der Waals surface area contributed by atoms with Crippen molar-refractivity contribution in [2.75, 3.05) is 6.61 Å². The standard InChI is InChI=1S/C10H13ClFNO/c11-8-4-1-3-7(10(8)12)9(13)5-2-6-14/h1,3-4,9,14H,2,5-6,13H2/t9-/m1/s1. The van der Waals surface area contributed by atoms with Crippen LogP contribution in [0.1, 0.15) is 24.4 Å². The van der Waals surface area contributed by atoms with E-state index in [0.29, 0.717) is 18.4 Å². The smallest absolute Gasteiger partial charge is 0.146 e. The zero-order valence-corrected chi connectivity index (χ0v) is 8.47. The van der Waals surface area contributed by atoms with Gasteiger partial charge >= 0.3 is 0 Å². The third-order valence-electron chi connectivity index (χ3n) is 2.05. The van der Waals surface area contributed by atoms with E-state index in [1.807, 2.05) is 0 Å². The molecule has 0 heterocycles. The summed E-state index contributed by atoms with van der Waals surface area (Å²) in [6.07, 6.45) is 1.11. The molecule has 4 heteroatoms. The van der Waals surface area contributed by atoms with Crippen LogP contribution in [0.5, 0.6) is 0 Å². The summed E-state index contributed by atoms with van der Waals surface area (Å²) in [5, 5.41) is 8.70. The topological polar surface area (TPSA) is 46.2 Å². The van der Waals surface area contributed by atoms with Crippen molar-refractivity contribution >= 4 is 11.6 Å². The van der Waals surface area contributed by atoms with E-state index in [1.165, 1.54) is 6.07 Å². The zero-order valence-electron chi connectivity index (χ0n) is 7.71. The average molecular weight is 218 g/mol. The maximum atomic E-state index is 13.4. The van der Waals surface area contributed by atoms with E-state index >= 15 is 0 Å².